The Morgan fingerprint density at radius 1 is 1.27 bits per heavy atom. The Morgan fingerprint density at radius 2 is 1.86 bits per heavy atom. The van der Waals surface area contributed by atoms with Crippen LogP contribution in [0.25, 0.3) is 0 Å². The molecule has 2 rings (SSSR count). The lowest BCUT2D eigenvalue weighted by molar-refractivity contribution is -0.568. The first-order chi connectivity index (χ1) is 10.2. The maximum atomic E-state index is 12.3. The van der Waals surface area contributed by atoms with Gasteiger partial charge in [-0.3, -0.25) is 10.3 Å². The molecule has 9 heteroatoms. The average Bonchev–Trinajstić information content (AvgIpc) is 2.40. The molecule has 0 unspecified atom stereocenters. The van der Waals surface area contributed by atoms with Gasteiger partial charge in [-0.15, -0.1) is 0 Å². The molecule has 0 spiro atoms. The van der Waals surface area contributed by atoms with Crippen LogP contribution in [0.2, 0.25) is 10.0 Å². The lowest BCUT2D eigenvalue weighted by atomic mass is 10.2. The standard InChI is InChI=1S/C13H17Cl2N3O3S/c1-8-6-18(7-9(2)21-8)13(16)17-22(19,20)10-3-4-11(14)12(15)5-10/h3-5,8-9H,6-7H2,1-2H3,(H2,16,17)/p+1/t8-,9-/m1/s1. The van der Waals surface area contributed by atoms with Crippen molar-refractivity contribution in [2.75, 3.05) is 13.1 Å². The molecule has 2 atom stereocenters. The number of benzene rings is 1. The molecule has 0 aromatic heterocycles. The average molecular weight is 367 g/mol. The summed E-state index contributed by atoms with van der Waals surface area (Å²) < 4.78 is 34.4. The molecule has 0 aliphatic carbocycles. The van der Waals surface area contributed by atoms with Crippen LogP contribution in [0.1, 0.15) is 13.8 Å². The Hall–Kier alpha value is -1.02. The lowest BCUT2D eigenvalue weighted by Crippen LogP contribution is -2.50. The molecule has 1 heterocycles. The fraction of sp³-hybridized carbons (Fsp3) is 0.462. The second-order valence-corrected chi connectivity index (χ2v) is 7.73. The van der Waals surface area contributed by atoms with Crippen LogP contribution in [-0.4, -0.2) is 44.3 Å². The van der Waals surface area contributed by atoms with Crippen molar-refractivity contribution in [2.24, 2.45) is 5.73 Å². The molecule has 0 amide bonds. The molecule has 0 bridgehead atoms. The molecule has 1 aromatic rings. The number of guanidine groups is 1. The van der Waals surface area contributed by atoms with Crippen LogP contribution in [0, 0.1) is 0 Å². The van der Waals surface area contributed by atoms with Gasteiger partial charge in [0.2, 0.25) is 0 Å². The summed E-state index contributed by atoms with van der Waals surface area (Å²) in [6.07, 6.45) is -0.0615. The maximum absolute atomic E-state index is 12.3. The predicted molar refractivity (Wildman–Crippen MR) is 86.0 cm³/mol. The number of hydrogen-bond donors (Lipinski definition) is 2. The topological polar surface area (TPSA) is 84.4 Å². The van der Waals surface area contributed by atoms with E-state index in [-0.39, 0.29) is 33.1 Å². The minimum absolute atomic E-state index is 0.000735. The van der Waals surface area contributed by atoms with E-state index < -0.39 is 10.0 Å². The van der Waals surface area contributed by atoms with Gasteiger partial charge in [-0.1, -0.05) is 23.2 Å². The Morgan fingerprint density at radius 3 is 2.41 bits per heavy atom. The van der Waals surface area contributed by atoms with Crippen molar-refractivity contribution in [2.45, 2.75) is 31.0 Å². The Kier molecular flexibility index (Phi) is 5.21. The van der Waals surface area contributed by atoms with Crippen LogP contribution in [0.4, 0.5) is 0 Å². The number of halogens is 2. The largest absolute Gasteiger partial charge is 0.369 e. The molecule has 22 heavy (non-hydrogen) atoms. The summed E-state index contributed by atoms with van der Waals surface area (Å²) in [5.74, 6) is 0.0630. The number of morpholine rings is 1. The number of ether oxygens (including phenoxy) is 1. The van der Waals surface area contributed by atoms with Crippen molar-refractivity contribution in [3.8, 4) is 0 Å². The second kappa shape index (κ2) is 6.62. The van der Waals surface area contributed by atoms with Crippen molar-refractivity contribution >= 4 is 39.2 Å². The lowest BCUT2D eigenvalue weighted by Gasteiger charge is -2.27. The maximum Gasteiger partial charge on any atom is 0.358 e. The van der Waals surface area contributed by atoms with E-state index in [1.807, 2.05) is 13.8 Å². The number of sulfonamides is 1. The van der Waals surface area contributed by atoms with Gasteiger partial charge in [-0.05, 0) is 32.0 Å². The quantitative estimate of drug-likeness (QED) is 0.612. The Labute approximate surface area is 139 Å². The summed E-state index contributed by atoms with van der Waals surface area (Å²) in [7, 11) is -3.82. The highest BCUT2D eigenvalue weighted by molar-refractivity contribution is 7.90. The van der Waals surface area contributed by atoms with Gasteiger partial charge in [-0.2, -0.15) is 13.1 Å². The van der Waals surface area contributed by atoms with Gasteiger partial charge in [-0.25, -0.2) is 0 Å². The van der Waals surface area contributed by atoms with Gasteiger partial charge < -0.3 is 4.74 Å². The summed E-state index contributed by atoms with van der Waals surface area (Å²) in [6, 6.07) is 4.08. The van der Waals surface area contributed by atoms with Crippen LogP contribution in [0.15, 0.2) is 23.1 Å². The van der Waals surface area contributed by atoms with Crippen molar-refractivity contribution in [3.63, 3.8) is 0 Å². The van der Waals surface area contributed by atoms with E-state index in [9.17, 15) is 8.42 Å². The summed E-state index contributed by atoms with van der Waals surface area (Å²) in [6.45, 7) is 4.84. The zero-order valence-corrected chi connectivity index (χ0v) is 14.5. The van der Waals surface area contributed by atoms with E-state index in [1.54, 1.807) is 4.58 Å². The third-order valence-corrected chi connectivity index (χ3v) is 5.29. The Bertz CT molecular complexity index is 694. The predicted octanol–water partition coefficient (Wildman–Crippen LogP) is 1.41. The summed E-state index contributed by atoms with van der Waals surface area (Å²) in [4.78, 5) is -0.000735. The highest BCUT2D eigenvalue weighted by atomic mass is 35.5. The molecule has 6 nitrogen and oxygen atoms in total. The van der Waals surface area contributed by atoms with E-state index in [0.29, 0.717) is 13.1 Å². The molecular formula is C13H18Cl2N3O3S+. The van der Waals surface area contributed by atoms with E-state index in [2.05, 4.69) is 4.72 Å². The molecule has 0 radical (unpaired) electrons. The third-order valence-electron chi connectivity index (χ3n) is 3.20. The first-order valence-corrected chi connectivity index (χ1v) is 8.93. The smallest absolute Gasteiger partial charge is 0.358 e. The van der Waals surface area contributed by atoms with Crippen LogP contribution in [0.3, 0.4) is 0 Å². The minimum Gasteiger partial charge on any atom is -0.369 e. The zero-order valence-electron chi connectivity index (χ0n) is 12.2. The molecule has 1 fully saturated rings. The third kappa shape index (κ3) is 4.04. The van der Waals surface area contributed by atoms with E-state index in [1.165, 1.54) is 18.2 Å². The van der Waals surface area contributed by atoms with Gasteiger partial charge in [0.1, 0.15) is 4.90 Å². The Balaban J connectivity index is 2.25. The van der Waals surface area contributed by atoms with Gasteiger partial charge in [0.05, 0.1) is 35.3 Å². The first-order valence-electron chi connectivity index (χ1n) is 6.69. The fourth-order valence-electron chi connectivity index (χ4n) is 2.28. The summed E-state index contributed by atoms with van der Waals surface area (Å²) in [5, 5.41) is 0.449. The molecule has 0 saturated carbocycles. The zero-order chi connectivity index (χ0) is 16.5. The molecule has 3 N–H and O–H groups in total. The number of nitrogens with zero attached hydrogens (tertiary/aromatic N) is 1. The molecule has 1 aliphatic heterocycles. The second-order valence-electron chi connectivity index (χ2n) is 5.23. The fourth-order valence-corrected chi connectivity index (χ4v) is 3.69. The summed E-state index contributed by atoms with van der Waals surface area (Å²) in [5.41, 5.74) is 5.90. The van der Waals surface area contributed by atoms with Crippen LogP contribution >= 0.6 is 23.2 Å². The van der Waals surface area contributed by atoms with Gasteiger partial charge in [0, 0.05) is 0 Å². The van der Waals surface area contributed by atoms with Gasteiger partial charge >= 0.3 is 16.0 Å². The molecule has 1 aromatic carbocycles. The SMILES string of the molecule is C[C@@H]1C[N+](=C(N)NS(=O)(=O)c2ccc(Cl)c(Cl)c2)C[C@@H](C)O1. The molecule has 122 valence electrons. The van der Waals surface area contributed by atoms with Crippen LogP contribution in [-0.2, 0) is 14.8 Å². The number of rotatable bonds is 2. The van der Waals surface area contributed by atoms with Gasteiger partial charge in [0.15, 0.2) is 0 Å². The summed E-state index contributed by atoms with van der Waals surface area (Å²) >= 11 is 11.6. The van der Waals surface area contributed by atoms with Crippen molar-refractivity contribution in [1.29, 1.82) is 0 Å². The molecule has 1 aliphatic rings. The van der Waals surface area contributed by atoms with E-state index in [0.717, 1.165) is 0 Å². The highest BCUT2D eigenvalue weighted by Crippen LogP contribution is 2.24. The normalized spacial score (nSPS) is 22.5. The van der Waals surface area contributed by atoms with Crippen molar-refractivity contribution in [1.82, 2.24) is 4.72 Å². The number of nitrogens with two attached hydrogens (primary N) is 1. The monoisotopic (exact) mass is 366 g/mol. The van der Waals surface area contributed by atoms with Crippen LogP contribution < -0.4 is 10.5 Å². The highest BCUT2D eigenvalue weighted by Gasteiger charge is 2.27. The van der Waals surface area contributed by atoms with Crippen LogP contribution in [0.5, 0.6) is 0 Å². The first kappa shape index (κ1) is 17.3. The number of nitrogens with one attached hydrogen (secondary N) is 1. The van der Waals surface area contributed by atoms with E-state index in [4.69, 9.17) is 33.7 Å². The van der Waals surface area contributed by atoms with Gasteiger partial charge in [0.25, 0.3) is 0 Å². The van der Waals surface area contributed by atoms with Crippen molar-refractivity contribution < 1.29 is 17.7 Å². The molecular weight excluding hydrogens is 349 g/mol. The molecule has 1 saturated heterocycles. The minimum atomic E-state index is -3.82. The van der Waals surface area contributed by atoms with Crippen molar-refractivity contribution in [3.05, 3.63) is 28.2 Å². The van der Waals surface area contributed by atoms with E-state index >= 15 is 0 Å². The number of hydrogen-bond acceptors (Lipinski definition) is 3.